The summed E-state index contributed by atoms with van der Waals surface area (Å²) in [6.07, 6.45) is -0.430. The molecule has 0 aromatic heterocycles. The Balaban J connectivity index is 1.66. The number of piperidine rings is 1. The number of esters is 1. The number of morpholine rings is 6. The van der Waals surface area contributed by atoms with Crippen molar-refractivity contribution in [3.05, 3.63) is 0 Å². The number of nitrogens with one attached hydrogen (secondary N) is 1. The average Bonchev–Trinajstić information content (AvgIpc) is 3.17. The SMILES string of the molecule is COC(=O)[C@@]1(N2CCOCC2C)C(N2CCOC(C)C2)(N2CCOC(C)(C)C2)N[C@H](C)C(N2CCOC(CO)C2)C1(N1CCOCC1C)N1CCOCC1C. The third kappa shape index (κ3) is 6.91. The van der Waals surface area contributed by atoms with Gasteiger partial charge >= 0.3 is 5.97 Å². The van der Waals surface area contributed by atoms with Crippen molar-refractivity contribution in [2.24, 2.45) is 0 Å². The first-order chi connectivity index (χ1) is 26.4. The topological polar surface area (TPSA) is 133 Å². The fourth-order valence-electron chi connectivity index (χ4n) is 11.8. The van der Waals surface area contributed by atoms with Crippen LogP contribution in [0, 0.1) is 0 Å². The molecule has 7 rings (SSSR count). The molecule has 7 saturated heterocycles. The summed E-state index contributed by atoms with van der Waals surface area (Å²) in [7, 11) is 1.57. The molecule has 2 N–H and O–H groups in total. The Hall–Kier alpha value is -1.09. The number of aliphatic hydroxyl groups excluding tert-OH is 1. The monoisotopic (exact) mass is 782 g/mol. The number of rotatable bonds is 8. The summed E-state index contributed by atoms with van der Waals surface area (Å²) in [6, 6.07) is -0.747. The van der Waals surface area contributed by atoms with E-state index in [1.54, 1.807) is 7.11 Å². The molecule has 0 aromatic rings. The van der Waals surface area contributed by atoms with Crippen LogP contribution < -0.4 is 5.32 Å². The van der Waals surface area contributed by atoms with Gasteiger partial charge in [0.25, 0.3) is 0 Å². The quantitative estimate of drug-likeness (QED) is 0.301. The molecule has 16 nitrogen and oxygen atoms in total. The molecule has 0 aromatic carbocycles. The summed E-state index contributed by atoms with van der Waals surface area (Å²) in [5, 5.41) is 15.0. The summed E-state index contributed by atoms with van der Waals surface area (Å²) in [5.41, 5.74) is -3.00. The van der Waals surface area contributed by atoms with Gasteiger partial charge in [0.1, 0.15) is 5.66 Å². The summed E-state index contributed by atoms with van der Waals surface area (Å²) in [6.45, 7) is 25.3. The highest BCUT2D eigenvalue weighted by molar-refractivity contribution is 5.86. The average molecular weight is 782 g/mol. The zero-order valence-corrected chi connectivity index (χ0v) is 34.9. The van der Waals surface area contributed by atoms with Gasteiger partial charge in [0.2, 0.25) is 0 Å². The maximum Gasteiger partial charge on any atom is 0.334 e. The van der Waals surface area contributed by atoms with Gasteiger partial charge < -0.3 is 38.3 Å². The molecule has 0 amide bonds. The van der Waals surface area contributed by atoms with Crippen LogP contribution in [0.5, 0.6) is 0 Å². The lowest BCUT2D eigenvalue weighted by Crippen LogP contribution is -3.04. The van der Waals surface area contributed by atoms with Crippen molar-refractivity contribution in [1.29, 1.82) is 0 Å². The first-order valence-corrected chi connectivity index (χ1v) is 21.0. The Kier molecular flexibility index (Phi) is 12.9. The van der Waals surface area contributed by atoms with Crippen LogP contribution >= 0.6 is 0 Å². The molecule has 0 spiro atoms. The first kappa shape index (κ1) is 42.0. The third-order valence-electron chi connectivity index (χ3n) is 13.6. The lowest BCUT2D eigenvalue weighted by Gasteiger charge is -2.79. The van der Waals surface area contributed by atoms with Crippen molar-refractivity contribution < 1.29 is 43.1 Å². The van der Waals surface area contributed by atoms with Crippen LogP contribution in [-0.2, 0) is 38.0 Å². The molecule has 7 heterocycles. The smallest absolute Gasteiger partial charge is 0.334 e. The molecule has 0 radical (unpaired) electrons. The summed E-state index contributed by atoms with van der Waals surface area (Å²) < 4.78 is 44.2. The number of ether oxygens (including phenoxy) is 7. The normalized spacial score (nSPS) is 44.0. The van der Waals surface area contributed by atoms with E-state index in [0.29, 0.717) is 118 Å². The van der Waals surface area contributed by atoms with Crippen LogP contribution in [0.4, 0.5) is 0 Å². The molecule has 55 heavy (non-hydrogen) atoms. The fraction of sp³-hybridized carbons (Fsp3) is 0.974. The molecule has 316 valence electrons. The second kappa shape index (κ2) is 16.9. The number of nitrogens with zero attached hydrogens (tertiary/aromatic N) is 6. The lowest BCUT2D eigenvalue weighted by atomic mass is 9.61. The van der Waals surface area contributed by atoms with Crippen molar-refractivity contribution in [1.82, 2.24) is 34.7 Å². The van der Waals surface area contributed by atoms with Gasteiger partial charge in [-0.05, 0) is 48.5 Å². The molecule has 0 bridgehead atoms. The molecule has 7 aliphatic rings. The number of aliphatic hydroxyl groups is 1. The van der Waals surface area contributed by atoms with Gasteiger partial charge in [-0.25, -0.2) is 4.79 Å². The van der Waals surface area contributed by atoms with E-state index >= 15 is 4.79 Å². The Bertz CT molecular complexity index is 1300. The van der Waals surface area contributed by atoms with Crippen LogP contribution in [0.1, 0.15) is 48.5 Å². The van der Waals surface area contributed by atoms with Gasteiger partial charge in [-0.15, -0.1) is 0 Å². The molecule has 16 heteroatoms. The van der Waals surface area contributed by atoms with Gasteiger partial charge in [-0.2, -0.15) is 0 Å². The van der Waals surface area contributed by atoms with Gasteiger partial charge in [-0.1, -0.05) is 0 Å². The zero-order valence-electron chi connectivity index (χ0n) is 34.9. The number of methoxy groups -OCH3 is 1. The number of carbonyl (C=O) groups is 1. The van der Waals surface area contributed by atoms with Gasteiger partial charge in [-0.3, -0.25) is 34.7 Å². The van der Waals surface area contributed by atoms with E-state index in [9.17, 15) is 5.11 Å². The molecular formula is C39H71N7O9. The van der Waals surface area contributed by atoms with E-state index in [4.69, 9.17) is 33.2 Å². The maximum atomic E-state index is 16.6. The zero-order chi connectivity index (χ0) is 39.2. The lowest BCUT2D eigenvalue weighted by molar-refractivity contribution is -0.349. The van der Waals surface area contributed by atoms with E-state index < -0.39 is 22.6 Å². The predicted molar refractivity (Wildman–Crippen MR) is 205 cm³/mol. The molecule has 9 atom stereocenters. The number of hydrogen-bond acceptors (Lipinski definition) is 16. The molecule has 7 unspecified atom stereocenters. The Labute approximate surface area is 328 Å². The van der Waals surface area contributed by atoms with Crippen molar-refractivity contribution in [2.75, 3.05) is 132 Å². The maximum absolute atomic E-state index is 16.6. The highest BCUT2D eigenvalue weighted by atomic mass is 16.5. The number of carbonyl (C=O) groups excluding carboxylic acids is 1. The van der Waals surface area contributed by atoms with E-state index in [0.717, 1.165) is 0 Å². The van der Waals surface area contributed by atoms with Gasteiger partial charge in [0, 0.05) is 83.1 Å². The Morgan fingerprint density at radius 3 is 1.87 bits per heavy atom. The molecule has 0 aliphatic carbocycles. The summed E-state index contributed by atoms with van der Waals surface area (Å²) >= 11 is 0. The Morgan fingerprint density at radius 2 is 1.33 bits per heavy atom. The third-order valence-corrected chi connectivity index (χ3v) is 13.6. The van der Waals surface area contributed by atoms with Crippen molar-refractivity contribution >= 4 is 5.97 Å². The molecule has 7 aliphatic heterocycles. The van der Waals surface area contributed by atoms with Crippen LogP contribution in [0.25, 0.3) is 0 Å². The molecular weight excluding hydrogens is 710 g/mol. The highest BCUT2D eigenvalue weighted by Crippen LogP contribution is 2.57. The van der Waals surface area contributed by atoms with E-state index in [1.807, 2.05) is 0 Å². The minimum atomic E-state index is -1.44. The predicted octanol–water partition coefficient (Wildman–Crippen LogP) is -0.705. The van der Waals surface area contributed by atoms with Crippen LogP contribution in [0.2, 0.25) is 0 Å². The van der Waals surface area contributed by atoms with E-state index in [-0.39, 0.29) is 55.0 Å². The minimum Gasteiger partial charge on any atom is -0.467 e. The number of hydrogen-bond donors (Lipinski definition) is 2. The first-order valence-electron chi connectivity index (χ1n) is 21.0. The largest absolute Gasteiger partial charge is 0.467 e. The Morgan fingerprint density at radius 1 is 0.745 bits per heavy atom. The standard InChI is InChI=1S/C39H71N7O9/c1-28-24-50-15-12-44(28)37(35(48)49-8)38(45-13-16-51-25-29(45)2,46-14-17-52-26-30(46)3)34(41-9-18-54-33(22-41)23-47)32(5)40-39(37,42-10-19-53-31(4)21-42)43-11-20-55-36(6,7)27-43/h28-34,40,47H,9-27H2,1-8H3/t28?,29?,30?,31?,32-,33?,34?,37+,38?,39?/m1/s1. The molecule has 0 saturated carbocycles. The van der Waals surface area contributed by atoms with E-state index in [2.05, 4.69) is 83.2 Å². The minimum absolute atomic E-state index is 0.0610. The summed E-state index contributed by atoms with van der Waals surface area (Å²) in [5.74, 6) is -1.42. The highest BCUT2D eigenvalue weighted by Gasteiger charge is 2.84. The second-order valence-electron chi connectivity index (χ2n) is 17.7. The van der Waals surface area contributed by atoms with Crippen LogP contribution in [0.3, 0.4) is 0 Å². The van der Waals surface area contributed by atoms with Crippen LogP contribution in [-0.4, -0.2) is 238 Å². The fourth-order valence-corrected chi connectivity index (χ4v) is 11.8. The van der Waals surface area contributed by atoms with Crippen molar-refractivity contribution in [3.8, 4) is 0 Å². The van der Waals surface area contributed by atoms with Crippen molar-refractivity contribution in [2.45, 2.75) is 113 Å². The second-order valence-corrected chi connectivity index (χ2v) is 17.7. The van der Waals surface area contributed by atoms with Gasteiger partial charge in [0.15, 0.2) is 11.3 Å². The summed E-state index contributed by atoms with van der Waals surface area (Å²) in [4.78, 5) is 32.0. The van der Waals surface area contributed by atoms with Crippen molar-refractivity contribution in [3.63, 3.8) is 0 Å². The van der Waals surface area contributed by atoms with Gasteiger partial charge in [0.05, 0.1) is 97.0 Å². The molecule has 7 fully saturated rings. The van der Waals surface area contributed by atoms with E-state index in [1.165, 1.54) is 0 Å². The van der Waals surface area contributed by atoms with Crippen LogP contribution in [0.15, 0.2) is 0 Å².